The number of carbonyl (C=O) groups is 1. The van der Waals surface area contributed by atoms with E-state index in [1.807, 2.05) is 6.92 Å². The quantitative estimate of drug-likeness (QED) is 0.859. The van der Waals surface area contributed by atoms with Crippen LogP contribution in [0.15, 0.2) is 16.7 Å². The number of carbonyl (C=O) groups excluding carboxylic acids is 1. The zero-order valence-corrected chi connectivity index (χ0v) is 11.9. The molecule has 1 aliphatic rings. The Bertz CT molecular complexity index is 406. The third kappa shape index (κ3) is 3.83. The van der Waals surface area contributed by atoms with Gasteiger partial charge in [-0.1, -0.05) is 6.92 Å². The molecule has 19 heavy (non-hydrogen) atoms. The minimum atomic E-state index is -0.00350. The summed E-state index contributed by atoms with van der Waals surface area (Å²) >= 11 is 0. The van der Waals surface area contributed by atoms with Crippen LogP contribution in [-0.2, 0) is 0 Å². The van der Waals surface area contributed by atoms with E-state index in [4.69, 9.17) is 4.42 Å². The summed E-state index contributed by atoms with van der Waals surface area (Å²) in [6, 6.07) is 2.67. The molecule has 2 rings (SSSR count). The third-order valence-corrected chi connectivity index (χ3v) is 3.85. The van der Waals surface area contributed by atoms with Crippen LogP contribution in [0.4, 0.5) is 0 Å². The van der Waals surface area contributed by atoms with Crippen LogP contribution in [-0.4, -0.2) is 24.5 Å². The van der Waals surface area contributed by atoms with Crippen molar-refractivity contribution in [3.05, 3.63) is 23.7 Å². The van der Waals surface area contributed by atoms with Crippen LogP contribution in [0, 0.1) is 6.92 Å². The van der Waals surface area contributed by atoms with Crippen LogP contribution in [0.3, 0.4) is 0 Å². The molecule has 4 nitrogen and oxygen atoms in total. The average molecular weight is 264 g/mol. The number of hydrogen-bond donors (Lipinski definition) is 2. The second-order valence-electron chi connectivity index (χ2n) is 5.37. The lowest BCUT2D eigenvalue weighted by Gasteiger charge is -2.29. The van der Waals surface area contributed by atoms with Crippen molar-refractivity contribution in [2.75, 3.05) is 6.54 Å². The van der Waals surface area contributed by atoms with Crippen LogP contribution < -0.4 is 10.6 Å². The van der Waals surface area contributed by atoms with Crippen molar-refractivity contribution >= 4 is 5.91 Å². The van der Waals surface area contributed by atoms with Gasteiger partial charge >= 0.3 is 0 Å². The van der Waals surface area contributed by atoms with Gasteiger partial charge in [0.05, 0.1) is 11.8 Å². The summed E-state index contributed by atoms with van der Waals surface area (Å²) in [6.45, 7) is 5.10. The Labute approximate surface area is 114 Å². The van der Waals surface area contributed by atoms with E-state index in [2.05, 4.69) is 17.6 Å². The molecule has 0 aromatic carbocycles. The first kappa shape index (κ1) is 14.1. The largest absolute Gasteiger partial charge is 0.469 e. The Balaban J connectivity index is 1.77. The van der Waals surface area contributed by atoms with E-state index >= 15 is 0 Å². The van der Waals surface area contributed by atoms with Crippen molar-refractivity contribution in [1.29, 1.82) is 0 Å². The monoisotopic (exact) mass is 264 g/mol. The maximum Gasteiger partial charge on any atom is 0.255 e. The molecule has 1 fully saturated rings. The summed E-state index contributed by atoms with van der Waals surface area (Å²) in [7, 11) is 0. The molecule has 1 aromatic heterocycles. The van der Waals surface area contributed by atoms with Crippen molar-refractivity contribution in [1.82, 2.24) is 10.6 Å². The Kier molecular flexibility index (Phi) is 5.02. The van der Waals surface area contributed by atoms with Gasteiger partial charge in [0.2, 0.25) is 0 Å². The Hall–Kier alpha value is -1.29. The van der Waals surface area contributed by atoms with E-state index < -0.39 is 0 Å². The second-order valence-corrected chi connectivity index (χ2v) is 5.37. The minimum absolute atomic E-state index is 0.00350. The lowest BCUT2D eigenvalue weighted by molar-refractivity contribution is 0.0923. The van der Waals surface area contributed by atoms with Gasteiger partial charge in [-0.2, -0.15) is 0 Å². The second kappa shape index (κ2) is 6.75. The molecule has 0 unspecified atom stereocenters. The molecule has 1 aliphatic carbocycles. The summed E-state index contributed by atoms with van der Waals surface area (Å²) in [6.07, 6.45) is 7.16. The highest BCUT2D eigenvalue weighted by Gasteiger charge is 2.23. The highest BCUT2D eigenvalue weighted by atomic mass is 16.3. The van der Waals surface area contributed by atoms with Crippen molar-refractivity contribution in [2.24, 2.45) is 0 Å². The fraction of sp³-hybridized carbons (Fsp3) is 0.667. The molecule has 106 valence electrons. The van der Waals surface area contributed by atoms with E-state index in [0.717, 1.165) is 32.2 Å². The first-order chi connectivity index (χ1) is 9.20. The Morgan fingerprint density at radius 3 is 2.58 bits per heavy atom. The first-order valence-electron chi connectivity index (χ1n) is 7.29. The first-order valence-corrected chi connectivity index (χ1v) is 7.29. The number of hydrogen-bond acceptors (Lipinski definition) is 3. The smallest absolute Gasteiger partial charge is 0.255 e. The Morgan fingerprint density at radius 1 is 1.32 bits per heavy atom. The van der Waals surface area contributed by atoms with E-state index in [1.165, 1.54) is 6.42 Å². The molecule has 2 N–H and O–H groups in total. The SMILES string of the molecule is CCCNC1CCC(NC(=O)c2ccoc2C)CC1. The molecule has 1 aromatic rings. The van der Waals surface area contributed by atoms with Gasteiger partial charge < -0.3 is 15.1 Å². The molecule has 0 aliphatic heterocycles. The van der Waals surface area contributed by atoms with Gasteiger partial charge in [-0.3, -0.25) is 4.79 Å². The molecule has 4 heteroatoms. The van der Waals surface area contributed by atoms with Gasteiger partial charge in [-0.15, -0.1) is 0 Å². The molecular weight excluding hydrogens is 240 g/mol. The van der Waals surface area contributed by atoms with Gasteiger partial charge in [0, 0.05) is 12.1 Å². The highest BCUT2D eigenvalue weighted by molar-refractivity contribution is 5.95. The minimum Gasteiger partial charge on any atom is -0.469 e. The van der Waals surface area contributed by atoms with Crippen LogP contribution in [0.5, 0.6) is 0 Å². The van der Waals surface area contributed by atoms with Gasteiger partial charge in [-0.25, -0.2) is 0 Å². The summed E-state index contributed by atoms with van der Waals surface area (Å²) in [4.78, 5) is 12.1. The summed E-state index contributed by atoms with van der Waals surface area (Å²) in [5.74, 6) is 0.687. The molecule has 0 atom stereocenters. The molecule has 0 spiro atoms. The van der Waals surface area contributed by atoms with Crippen molar-refractivity contribution < 1.29 is 9.21 Å². The molecular formula is C15H24N2O2. The van der Waals surface area contributed by atoms with Crippen molar-refractivity contribution in [3.8, 4) is 0 Å². The highest BCUT2D eigenvalue weighted by Crippen LogP contribution is 2.19. The normalized spacial score (nSPS) is 23.3. The maximum atomic E-state index is 12.1. The number of nitrogens with one attached hydrogen (secondary N) is 2. The number of rotatable bonds is 5. The zero-order valence-electron chi connectivity index (χ0n) is 11.9. The number of amides is 1. The standard InChI is InChI=1S/C15H24N2O2/c1-3-9-16-12-4-6-13(7-5-12)17-15(18)14-8-10-19-11(14)2/h8,10,12-13,16H,3-7,9H2,1-2H3,(H,17,18). The molecule has 1 saturated carbocycles. The lowest BCUT2D eigenvalue weighted by Crippen LogP contribution is -2.42. The zero-order chi connectivity index (χ0) is 13.7. The van der Waals surface area contributed by atoms with Gasteiger partial charge in [0.15, 0.2) is 0 Å². The molecule has 1 heterocycles. The van der Waals surface area contributed by atoms with Crippen LogP contribution in [0.1, 0.15) is 55.1 Å². The van der Waals surface area contributed by atoms with Gasteiger partial charge in [0.25, 0.3) is 5.91 Å². The summed E-state index contributed by atoms with van der Waals surface area (Å²) in [5.41, 5.74) is 0.659. The summed E-state index contributed by atoms with van der Waals surface area (Å²) in [5, 5.41) is 6.67. The van der Waals surface area contributed by atoms with E-state index in [1.54, 1.807) is 12.3 Å². The lowest BCUT2D eigenvalue weighted by atomic mass is 9.91. The number of furan rings is 1. The molecule has 0 radical (unpaired) electrons. The predicted molar refractivity (Wildman–Crippen MR) is 75.2 cm³/mol. The van der Waals surface area contributed by atoms with Crippen molar-refractivity contribution in [3.63, 3.8) is 0 Å². The Morgan fingerprint density at radius 2 is 2.00 bits per heavy atom. The van der Waals surface area contributed by atoms with Crippen LogP contribution in [0.25, 0.3) is 0 Å². The third-order valence-electron chi connectivity index (χ3n) is 3.85. The molecule has 0 saturated heterocycles. The fourth-order valence-corrected chi connectivity index (χ4v) is 2.67. The maximum absolute atomic E-state index is 12.1. The van der Waals surface area contributed by atoms with E-state index in [9.17, 15) is 4.79 Å². The van der Waals surface area contributed by atoms with E-state index in [-0.39, 0.29) is 5.91 Å². The summed E-state index contributed by atoms with van der Waals surface area (Å²) < 4.78 is 5.17. The van der Waals surface area contributed by atoms with Crippen molar-refractivity contribution in [2.45, 2.75) is 58.0 Å². The topological polar surface area (TPSA) is 54.3 Å². The van der Waals surface area contributed by atoms with Gasteiger partial charge in [0.1, 0.15) is 5.76 Å². The predicted octanol–water partition coefficient (Wildman–Crippen LogP) is 2.63. The number of aryl methyl sites for hydroxylation is 1. The molecule has 1 amide bonds. The molecule has 0 bridgehead atoms. The van der Waals surface area contributed by atoms with E-state index in [0.29, 0.717) is 23.4 Å². The average Bonchev–Trinajstić information content (AvgIpc) is 2.84. The van der Waals surface area contributed by atoms with Gasteiger partial charge in [-0.05, 0) is 51.6 Å². The van der Waals surface area contributed by atoms with Crippen LogP contribution >= 0.6 is 0 Å². The van der Waals surface area contributed by atoms with Crippen LogP contribution in [0.2, 0.25) is 0 Å². The fourth-order valence-electron chi connectivity index (χ4n) is 2.67.